The van der Waals surface area contributed by atoms with E-state index in [-0.39, 0.29) is 12.5 Å². The zero-order valence-corrected chi connectivity index (χ0v) is 11.3. The van der Waals surface area contributed by atoms with Crippen molar-refractivity contribution in [3.05, 3.63) is 47.5 Å². The van der Waals surface area contributed by atoms with Crippen LogP contribution in [0.5, 0.6) is 0 Å². The molecule has 5 nitrogen and oxygen atoms in total. The molecule has 20 heavy (non-hydrogen) atoms. The fourth-order valence-corrected chi connectivity index (χ4v) is 1.77. The van der Waals surface area contributed by atoms with Crippen molar-refractivity contribution in [2.24, 2.45) is 7.05 Å². The minimum absolute atomic E-state index is 0.219. The van der Waals surface area contributed by atoms with Gasteiger partial charge in [0.15, 0.2) is 0 Å². The summed E-state index contributed by atoms with van der Waals surface area (Å²) in [6.45, 7) is 1.71. The maximum atomic E-state index is 12.2. The number of aromatic nitrogens is 2. The minimum Gasteiger partial charge on any atom is -0.384 e. The number of hydrogen-bond donors (Lipinski definition) is 2. The van der Waals surface area contributed by atoms with E-state index in [1.807, 2.05) is 25.1 Å². The third-order valence-electron chi connectivity index (χ3n) is 2.77. The SMILES string of the molecule is Cc1ccc(C#CCO)c(NC(=O)c2cncn2C)c1. The summed E-state index contributed by atoms with van der Waals surface area (Å²) < 4.78 is 1.64. The number of nitrogens with one attached hydrogen (secondary N) is 1. The average molecular weight is 269 g/mol. The van der Waals surface area contributed by atoms with E-state index in [1.54, 1.807) is 17.9 Å². The van der Waals surface area contributed by atoms with Crippen molar-refractivity contribution in [2.45, 2.75) is 6.92 Å². The fraction of sp³-hybridized carbons (Fsp3) is 0.200. The van der Waals surface area contributed by atoms with E-state index in [2.05, 4.69) is 22.1 Å². The van der Waals surface area contributed by atoms with Crippen LogP contribution in [-0.2, 0) is 7.05 Å². The number of aryl methyl sites for hydroxylation is 2. The fourth-order valence-electron chi connectivity index (χ4n) is 1.77. The normalized spacial score (nSPS) is 9.75. The van der Waals surface area contributed by atoms with Gasteiger partial charge in [0.1, 0.15) is 12.3 Å². The number of amides is 1. The molecule has 0 saturated carbocycles. The molecule has 0 bridgehead atoms. The molecule has 1 aromatic carbocycles. The van der Waals surface area contributed by atoms with Gasteiger partial charge in [0.25, 0.3) is 5.91 Å². The zero-order valence-electron chi connectivity index (χ0n) is 11.3. The van der Waals surface area contributed by atoms with Gasteiger partial charge in [0.05, 0.1) is 18.2 Å². The van der Waals surface area contributed by atoms with Crippen molar-refractivity contribution < 1.29 is 9.90 Å². The second-order valence-corrected chi connectivity index (χ2v) is 4.35. The summed E-state index contributed by atoms with van der Waals surface area (Å²) in [5.74, 6) is 5.15. The highest BCUT2D eigenvalue weighted by molar-refractivity contribution is 6.03. The third kappa shape index (κ3) is 3.05. The number of aliphatic hydroxyl groups excluding tert-OH is 1. The lowest BCUT2D eigenvalue weighted by atomic mass is 10.1. The summed E-state index contributed by atoms with van der Waals surface area (Å²) in [6.07, 6.45) is 3.07. The van der Waals surface area contributed by atoms with E-state index >= 15 is 0 Å². The van der Waals surface area contributed by atoms with Gasteiger partial charge in [-0.05, 0) is 24.6 Å². The molecule has 0 atom stereocenters. The first kappa shape index (κ1) is 13.8. The van der Waals surface area contributed by atoms with Gasteiger partial charge < -0.3 is 15.0 Å². The maximum absolute atomic E-state index is 12.2. The van der Waals surface area contributed by atoms with E-state index in [0.717, 1.165) is 5.56 Å². The molecule has 2 N–H and O–H groups in total. The van der Waals surface area contributed by atoms with Gasteiger partial charge >= 0.3 is 0 Å². The molecule has 0 radical (unpaired) electrons. The predicted molar refractivity (Wildman–Crippen MR) is 76.3 cm³/mol. The quantitative estimate of drug-likeness (QED) is 0.808. The van der Waals surface area contributed by atoms with Crippen LogP contribution in [0.3, 0.4) is 0 Å². The highest BCUT2D eigenvalue weighted by atomic mass is 16.2. The van der Waals surface area contributed by atoms with Crippen LogP contribution in [0.2, 0.25) is 0 Å². The highest BCUT2D eigenvalue weighted by Crippen LogP contribution is 2.17. The molecular weight excluding hydrogens is 254 g/mol. The third-order valence-corrected chi connectivity index (χ3v) is 2.77. The standard InChI is InChI=1S/C15H15N3O2/c1-11-5-6-12(4-3-7-19)13(8-11)17-15(20)14-9-16-10-18(14)2/h5-6,8-10,19H,7H2,1-2H3,(H,17,20). The second-order valence-electron chi connectivity index (χ2n) is 4.35. The Balaban J connectivity index is 2.31. The Morgan fingerprint density at radius 2 is 2.30 bits per heavy atom. The molecule has 0 fully saturated rings. The monoisotopic (exact) mass is 269 g/mol. The van der Waals surface area contributed by atoms with Crippen molar-refractivity contribution in [3.63, 3.8) is 0 Å². The molecule has 0 spiro atoms. The van der Waals surface area contributed by atoms with Crippen LogP contribution in [0, 0.1) is 18.8 Å². The van der Waals surface area contributed by atoms with Crippen LogP contribution in [0.25, 0.3) is 0 Å². The Morgan fingerprint density at radius 1 is 1.50 bits per heavy atom. The average Bonchev–Trinajstić information content (AvgIpc) is 2.84. The molecule has 1 aromatic heterocycles. The number of imidazole rings is 1. The Bertz CT molecular complexity index is 693. The summed E-state index contributed by atoms with van der Waals surface area (Å²) in [6, 6.07) is 5.56. The minimum atomic E-state index is -0.248. The Labute approximate surface area is 117 Å². The number of aliphatic hydroxyl groups is 1. The molecule has 2 rings (SSSR count). The lowest BCUT2D eigenvalue weighted by Crippen LogP contribution is -2.16. The van der Waals surface area contributed by atoms with E-state index in [0.29, 0.717) is 16.9 Å². The summed E-state index contributed by atoms with van der Waals surface area (Å²) in [4.78, 5) is 16.1. The predicted octanol–water partition coefficient (Wildman–Crippen LogP) is 1.32. The Kier molecular flexibility index (Phi) is 4.18. The number of rotatable bonds is 2. The number of anilines is 1. The number of hydrogen-bond acceptors (Lipinski definition) is 3. The molecular formula is C15H15N3O2. The largest absolute Gasteiger partial charge is 0.384 e. The number of benzene rings is 1. The van der Waals surface area contributed by atoms with Gasteiger partial charge in [-0.2, -0.15) is 0 Å². The van der Waals surface area contributed by atoms with E-state index < -0.39 is 0 Å². The number of carbonyl (C=O) groups is 1. The van der Waals surface area contributed by atoms with Crippen molar-refractivity contribution in [1.29, 1.82) is 0 Å². The molecule has 2 aromatic rings. The molecule has 102 valence electrons. The molecule has 0 unspecified atom stereocenters. The van der Waals surface area contributed by atoms with E-state index in [1.165, 1.54) is 6.20 Å². The summed E-state index contributed by atoms with van der Waals surface area (Å²) in [5.41, 5.74) is 2.77. The summed E-state index contributed by atoms with van der Waals surface area (Å²) in [7, 11) is 1.75. The van der Waals surface area contributed by atoms with E-state index in [4.69, 9.17) is 5.11 Å². The van der Waals surface area contributed by atoms with Gasteiger partial charge in [-0.15, -0.1) is 0 Å². The molecule has 5 heteroatoms. The number of nitrogens with zero attached hydrogens (tertiary/aromatic N) is 2. The Hall–Kier alpha value is -2.58. The molecule has 0 saturated heterocycles. The molecule has 1 amide bonds. The van der Waals surface area contributed by atoms with Crippen LogP contribution in [0.1, 0.15) is 21.6 Å². The van der Waals surface area contributed by atoms with Gasteiger partial charge in [0.2, 0.25) is 0 Å². The highest BCUT2D eigenvalue weighted by Gasteiger charge is 2.11. The van der Waals surface area contributed by atoms with Gasteiger partial charge in [0, 0.05) is 12.6 Å². The lowest BCUT2D eigenvalue weighted by molar-refractivity contribution is 0.101. The van der Waals surface area contributed by atoms with Crippen LogP contribution in [0.15, 0.2) is 30.7 Å². The van der Waals surface area contributed by atoms with Crippen molar-refractivity contribution in [1.82, 2.24) is 9.55 Å². The van der Waals surface area contributed by atoms with Gasteiger partial charge in [-0.3, -0.25) is 4.79 Å². The lowest BCUT2D eigenvalue weighted by Gasteiger charge is -2.09. The Morgan fingerprint density at radius 3 is 2.95 bits per heavy atom. The van der Waals surface area contributed by atoms with Crippen molar-refractivity contribution >= 4 is 11.6 Å². The maximum Gasteiger partial charge on any atom is 0.273 e. The van der Waals surface area contributed by atoms with Gasteiger partial charge in [-0.1, -0.05) is 17.9 Å². The molecule has 0 aliphatic rings. The summed E-state index contributed by atoms with van der Waals surface area (Å²) in [5, 5.41) is 11.6. The zero-order chi connectivity index (χ0) is 14.5. The van der Waals surface area contributed by atoms with Crippen LogP contribution >= 0.6 is 0 Å². The van der Waals surface area contributed by atoms with E-state index in [9.17, 15) is 4.79 Å². The van der Waals surface area contributed by atoms with Crippen LogP contribution in [0.4, 0.5) is 5.69 Å². The van der Waals surface area contributed by atoms with Crippen molar-refractivity contribution in [3.8, 4) is 11.8 Å². The first-order valence-corrected chi connectivity index (χ1v) is 6.10. The molecule has 0 aliphatic carbocycles. The first-order chi connectivity index (χ1) is 9.61. The van der Waals surface area contributed by atoms with Crippen LogP contribution in [-0.4, -0.2) is 27.2 Å². The van der Waals surface area contributed by atoms with Crippen molar-refractivity contribution in [2.75, 3.05) is 11.9 Å². The molecule has 0 aliphatic heterocycles. The molecule has 1 heterocycles. The smallest absolute Gasteiger partial charge is 0.273 e. The second kappa shape index (κ2) is 6.04. The number of carbonyl (C=O) groups excluding carboxylic acids is 1. The van der Waals surface area contributed by atoms with Crippen LogP contribution < -0.4 is 5.32 Å². The topological polar surface area (TPSA) is 67.2 Å². The summed E-state index contributed by atoms with van der Waals surface area (Å²) >= 11 is 0. The first-order valence-electron chi connectivity index (χ1n) is 6.10. The van der Waals surface area contributed by atoms with Gasteiger partial charge in [-0.25, -0.2) is 4.98 Å².